The molecule has 30 heavy (non-hydrogen) atoms. The summed E-state index contributed by atoms with van der Waals surface area (Å²) in [6.07, 6.45) is 7.70. The lowest BCUT2D eigenvalue weighted by molar-refractivity contribution is 0.0348. The van der Waals surface area contributed by atoms with Crippen LogP contribution in [0.5, 0.6) is 5.88 Å². The Morgan fingerprint density at radius 1 is 1.33 bits per heavy atom. The number of hydrogen-bond acceptors (Lipinski definition) is 5. The zero-order valence-electron chi connectivity index (χ0n) is 18.7. The van der Waals surface area contributed by atoms with Crippen molar-refractivity contribution in [2.45, 2.75) is 58.1 Å². The average molecular weight is 414 g/mol. The second-order valence-electron chi connectivity index (χ2n) is 9.07. The van der Waals surface area contributed by atoms with E-state index in [0.717, 1.165) is 24.9 Å². The number of likely N-dealkylation sites (N-methyl/N-ethyl adjacent to an activating group) is 1. The Bertz CT molecular complexity index is 793. The number of hydrogen-bond donors (Lipinski definition) is 1. The molecule has 0 aromatic carbocycles. The van der Waals surface area contributed by atoms with Crippen molar-refractivity contribution in [1.82, 2.24) is 14.8 Å². The van der Waals surface area contributed by atoms with Crippen molar-refractivity contribution >= 4 is 5.91 Å². The fourth-order valence-corrected chi connectivity index (χ4v) is 4.18. The lowest BCUT2D eigenvalue weighted by Gasteiger charge is -2.37. The zero-order chi connectivity index (χ0) is 21.7. The smallest absolute Gasteiger partial charge is 0.259 e. The van der Waals surface area contributed by atoms with Crippen LogP contribution in [-0.2, 0) is 0 Å². The number of ether oxygens (including phenoxy) is 1. The van der Waals surface area contributed by atoms with E-state index in [4.69, 9.17) is 4.74 Å². The van der Waals surface area contributed by atoms with Gasteiger partial charge in [0.25, 0.3) is 5.91 Å². The maximum absolute atomic E-state index is 13.4. The van der Waals surface area contributed by atoms with E-state index < -0.39 is 0 Å². The maximum Gasteiger partial charge on any atom is 0.259 e. The van der Waals surface area contributed by atoms with Crippen LogP contribution in [0.1, 0.15) is 61.9 Å². The van der Waals surface area contributed by atoms with E-state index in [-0.39, 0.29) is 30.6 Å². The van der Waals surface area contributed by atoms with Crippen molar-refractivity contribution in [3.8, 4) is 17.7 Å². The Balaban J connectivity index is 1.94. The average Bonchev–Trinajstić information content (AvgIpc) is 2.74. The van der Waals surface area contributed by atoms with Crippen LogP contribution >= 0.6 is 0 Å². The van der Waals surface area contributed by atoms with Crippen LogP contribution in [0.4, 0.5) is 0 Å². The van der Waals surface area contributed by atoms with Gasteiger partial charge in [0.15, 0.2) is 0 Å². The lowest BCUT2D eigenvalue weighted by atomic mass is 9.90. The van der Waals surface area contributed by atoms with E-state index in [1.807, 2.05) is 21.0 Å². The molecule has 1 amide bonds. The summed E-state index contributed by atoms with van der Waals surface area (Å²) in [5.74, 6) is 7.35. The number of carbonyl (C=O) groups excluding carboxylic acids is 1. The molecule has 1 N–H and O–H groups in total. The Labute approximate surface area is 180 Å². The summed E-state index contributed by atoms with van der Waals surface area (Å²) < 4.78 is 6.23. The molecule has 1 aromatic heterocycles. The number of aliphatic hydroxyl groups excluding tert-OH is 1. The Kier molecular flexibility index (Phi) is 7.74. The van der Waals surface area contributed by atoms with Gasteiger partial charge in [0.1, 0.15) is 11.7 Å². The normalized spacial score (nSPS) is 23.7. The molecule has 1 aliphatic carbocycles. The molecule has 0 bridgehead atoms. The van der Waals surface area contributed by atoms with Gasteiger partial charge in [0.05, 0.1) is 12.6 Å². The van der Waals surface area contributed by atoms with Gasteiger partial charge in [0.2, 0.25) is 5.88 Å². The number of nitrogens with zero attached hydrogens (tertiary/aromatic N) is 3. The van der Waals surface area contributed by atoms with Crippen LogP contribution in [0.15, 0.2) is 12.3 Å². The van der Waals surface area contributed by atoms with Gasteiger partial charge in [-0.05, 0) is 39.9 Å². The first-order valence-electron chi connectivity index (χ1n) is 11.1. The summed E-state index contributed by atoms with van der Waals surface area (Å²) in [5, 5.41) is 9.72. The molecule has 1 saturated carbocycles. The van der Waals surface area contributed by atoms with Crippen LogP contribution in [0.2, 0.25) is 0 Å². The van der Waals surface area contributed by atoms with Crippen LogP contribution in [0, 0.1) is 23.7 Å². The summed E-state index contributed by atoms with van der Waals surface area (Å²) in [6.45, 7) is 5.11. The first-order chi connectivity index (χ1) is 14.4. The quantitative estimate of drug-likeness (QED) is 0.769. The number of rotatable bonds is 4. The number of amides is 1. The number of aromatic nitrogens is 1. The van der Waals surface area contributed by atoms with Crippen molar-refractivity contribution in [3.63, 3.8) is 0 Å². The highest BCUT2D eigenvalue weighted by molar-refractivity contribution is 5.97. The third-order valence-electron chi connectivity index (χ3n) is 6.09. The van der Waals surface area contributed by atoms with E-state index in [1.54, 1.807) is 17.2 Å². The molecular formula is C24H35N3O3. The van der Waals surface area contributed by atoms with Crippen molar-refractivity contribution in [2.24, 2.45) is 11.8 Å². The third-order valence-corrected chi connectivity index (χ3v) is 6.09. The highest BCUT2D eigenvalue weighted by Gasteiger charge is 2.33. The predicted molar refractivity (Wildman–Crippen MR) is 117 cm³/mol. The van der Waals surface area contributed by atoms with Crippen LogP contribution < -0.4 is 4.74 Å². The molecule has 0 spiro atoms. The van der Waals surface area contributed by atoms with E-state index >= 15 is 0 Å². The first kappa shape index (κ1) is 22.6. The Morgan fingerprint density at radius 3 is 2.73 bits per heavy atom. The molecule has 2 heterocycles. The van der Waals surface area contributed by atoms with Gasteiger partial charge in [0, 0.05) is 36.7 Å². The molecule has 1 aromatic rings. The van der Waals surface area contributed by atoms with E-state index in [2.05, 4.69) is 28.6 Å². The van der Waals surface area contributed by atoms with Gasteiger partial charge >= 0.3 is 0 Å². The minimum absolute atomic E-state index is 0.0817. The van der Waals surface area contributed by atoms with E-state index in [1.165, 1.54) is 19.3 Å². The molecule has 3 rings (SSSR count). The molecule has 6 heteroatoms. The topological polar surface area (TPSA) is 65.9 Å². The maximum atomic E-state index is 13.4. The van der Waals surface area contributed by atoms with Gasteiger partial charge < -0.3 is 19.6 Å². The molecule has 0 radical (unpaired) electrons. The number of aliphatic hydroxyl groups is 1. The van der Waals surface area contributed by atoms with Crippen LogP contribution in [-0.4, -0.2) is 71.7 Å². The summed E-state index contributed by atoms with van der Waals surface area (Å²) in [6, 6.07) is 1.53. The molecule has 0 saturated heterocycles. The highest BCUT2D eigenvalue weighted by Crippen LogP contribution is 2.27. The van der Waals surface area contributed by atoms with Crippen molar-refractivity contribution in [1.29, 1.82) is 0 Å². The third kappa shape index (κ3) is 5.53. The van der Waals surface area contributed by atoms with Crippen molar-refractivity contribution in [2.75, 3.05) is 33.8 Å². The lowest BCUT2D eigenvalue weighted by Crippen LogP contribution is -2.49. The largest absolute Gasteiger partial charge is 0.472 e. The van der Waals surface area contributed by atoms with E-state index in [0.29, 0.717) is 23.9 Å². The highest BCUT2D eigenvalue weighted by atomic mass is 16.5. The predicted octanol–water partition coefficient (Wildman–Crippen LogP) is 2.80. The first-order valence-corrected chi connectivity index (χ1v) is 11.1. The number of pyridine rings is 1. The molecule has 3 atom stereocenters. The molecular weight excluding hydrogens is 378 g/mol. The molecule has 164 valence electrons. The van der Waals surface area contributed by atoms with E-state index in [9.17, 15) is 9.90 Å². The summed E-state index contributed by atoms with van der Waals surface area (Å²) in [4.78, 5) is 21.7. The van der Waals surface area contributed by atoms with Crippen LogP contribution in [0.25, 0.3) is 0 Å². The molecule has 2 aliphatic rings. The molecule has 1 aliphatic heterocycles. The summed E-state index contributed by atoms with van der Waals surface area (Å²) >= 11 is 0. The van der Waals surface area contributed by atoms with Gasteiger partial charge in [-0.15, -0.1) is 0 Å². The fourth-order valence-electron chi connectivity index (χ4n) is 4.18. The van der Waals surface area contributed by atoms with Gasteiger partial charge in [-0.3, -0.25) is 4.79 Å². The molecule has 0 unspecified atom stereocenters. The second-order valence-corrected chi connectivity index (χ2v) is 9.07. The standard InChI is InChI=1S/C24H35N3O3/c1-17-14-27(18(2)16-28)24(29)21-12-20(11-10-19-8-6-5-7-9-19)13-25-23(21)30-22(17)15-26(3)4/h12-13,17-19,22,28H,5-9,14-16H2,1-4H3/t17-,18+,22+/m0/s1. The minimum atomic E-state index is -0.275. The Morgan fingerprint density at radius 2 is 2.07 bits per heavy atom. The van der Waals surface area contributed by atoms with Gasteiger partial charge in [-0.1, -0.05) is 38.0 Å². The monoisotopic (exact) mass is 413 g/mol. The summed E-state index contributed by atoms with van der Waals surface area (Å²) in [7, 11) is 4.01. The minimum Gasteiger partial charge on any atom is -0.472 e. The molecule has 1 fully saturated rings. The second kappa shape index (κ2) is 10.3. The Hall–Kier alpha value is -2.10. The number of carbonyl (C=O) groups is 1. The fraction of sp³-hybridized carbons (Fsp3) is 0.667. The van der Waals surface area contributed by atoms with Crippen LogP contribution in [0.3, 0.4) is 0 Å². The molecule has 6 nitrogen and oxygen atoms in total. The van der Waals surface area contributed by atoms with Gasteiger partial charge in [-0.2, -0.15) is 0 Å². The van der Waals surface area contributed by atoms with Gasteiger partial charge in [-0.25, -0.2) is 4.98 Å². The number of fused-ring (bicyclic) bond motifs is 1. The summed E-state index contributed by atoms with van der Waals surface area (Å²) in [5.41, 5.74) is 1.17. The van der Waals surface area contributed by atoms with Crippen molar-refractivity contribution < 1.29 is 14.6 Å². The van der Waals surface area contributed by atoms with Crippen molar-refractivity contribution in [3.05, 3.63) is 23.4 Å². The SMILES string of the molecule is C[C@H](CO)N1C[C@H](C)[C@@H](CN(C)C)Oc2ncc(C#CC3CCCCC3)cc2C1=O. The zero-order valence-corrected chi connectivity index (χ0v) is 18.7.